The minimum atomic E-state index is -1.11. The van der Waals surface area contributed by atoms with Crippen molar-refractivity contribution >= 4 is 11.7 Å². The molecule has 6 heteroatoms. The van der Waals surface area contributed by atoms with Crippen LogP contribution in [0.1, 0.15) is 26.2 Å². The van der Waals surface area contributed by atoms with E-state index in [1.807, 2.05) is 0 Å². The van der Waals surface area contributed by atoms with Gasteiger partial charge in [-0.05, 0) is 45.9 Å². The highest BCUT2D eigenvalue weighted by molar-refractivity contribution is 6.20. The maximum Gasteiger partial charge on any atom is 0.255 e. The van der Waals surface area contributed by atoms with Crippen molar-refractivity contribution in [2.24, 2.45) is 5.73 Å². The van der Waals surface area contributed by atoms with Gasteiger partial charge in [-0.2, -0.15) is 0 Å². The van der Waals surface area contributed by atoms with E-state index >= 15 is 0 Å². The predicted molar refractivity (Wildman–Crippen MR) is 95.3 cm³/mol. The zero-order valence-electron chi connectivity index (χ0n) is 14.7. The lowest BCUT2D eigenvalue weighted by Gasteiger charge is -2.27. The van der Waals surface area contributed by atoms with Gasteiger partial charge in [-0.15, -0.1) is 0 Å². The highest BCUT2D eigenvalue weighted by Gasteiger charge is 2.29. The lowest BCUT2D eigenvalue weighted by molar-refractivity contribution is -0.124. The Balaban J connectivity index is 4.92. The van der Waals surface area contributed by atoms with Crippen LogP contribution in [-0.4, -0.2) is 52.5 Å². The molecule has 134 valence electrons. The Bertz CT molecular complexity index is 545. The smallest absolute Gasteiger partial charge is 0.255 e. The van der Waals surface area contributed by atoms with Gasteiger partial charge < -0.3 is 15.9 Å². The minimum Gasteiger partial charge on any atom is -0.515 e. The molecular formula is C18H28N2O4. The quantitative estimate of drug-likeness (QED) is 0.175. The fraction of sp³-hybridized carbons (Fsp3) is 0.444. The van der Waals surface area contributed by atoms with E-state index in [-0.39, 0.29) is 0 Å². The van der Waals surface area contributed by atoms with Crippen molar-refractivity contribution in [1.29, 1.82) is 0 Å². The van der Waals surface area contributed by atoms with Gasteiger partial charge in [0.25, 0.3) is 5.91 Å². The van der Waals surface area contributed by atoms with Gasteiger partial charge in [0, 0.05) is 0 Å². The Morgan fingerprint density at radius 1 is 1.38 bits per heavy atom. The number of rotatable bonds is 11. The topological polar surface area (TPSA) is 104 Å². The van der Waals surface area contributed by atoms with Crippen LogP contribution in [0.15, 0.2) is 48.8 Å². The molecular weight excluding hydrogens is 308 g/mol. The number of hydrogen-bond donors (Lipinski definition) is 3. The maximum atomic E-state index is 12.3. The van der Waals surface area contributed by atoms with Crippen LogP contribution in [-0.2, 0) is 9.59 Å². The van der Waals surface area contributed by atoms with E-state index in [0.717, 1.165) is 0 Å². The molecule has 0 saturated carbocycles. The summed E-state index contributed by atoms with van der Waals surface area (Å²) >= 11 is 0. The summed E-state index contributed by atoms with van der Waals surface area (Å²) in [4.78, 5) is 25.2. The summed E-state index contributed by atoms with van der Waals surface area (Å²) in [7, 11) is 3.39. The third kappa shape index (κ3) is 6.52. The van der Waals surface area contributed by atoms with Gasteiger partial charge in [-0.1, -0.05) is 31.4 Å². The van der Waals surface area contributed by atoms with Crippen LogP contribution in [0.4, 0.5) is 0 Å². The summed E-state index contributed by atoms with van der Waals surface area (Å²) in [5.74, 6) is -1.51. The molecule has 0 unspecified atom stereocenters. The number of aliphatic hydroxyl groups excluding tert-OH is 1. The van der Waals surface area contributed by atoms with Crippen molar-refractivity contribution < 1.29 is 19.8 Å². The predicted octanol–water partition coefficient (Wildman–Crippen LogP) is 1.63. The molecule has 0 aromatic rings. The second-order valence-electron chi connectivity index (χ2n) is 6.04. The first-order chi connectivity index (χ1) is 11.1. The molecule has 0 aromatic heterocycles. The van der Waals surface area contributed by atoms with Crippen molar-refractivity contribution in [2.45, 2.75) is 37.8 Å². The zero-order valence-corrected chi connectivity index (χ0v) is 14.7. The van der Waals surface area contributed by atoms with Gasteiger partial charge >= 0.3 is 0 Å². The number of ketones is 1. The number of Topliss-reactive ketones (excluding diaryl/α,β-unsaturated/α-hetero) is 1. The number of allylic oxidation sites excluding steroid dienone is 2. The molecule has 0 aromatic carbocycles. The standard InChI is InChI=1S/C18H28N2O4/c1-6-7-9-13(2)18(3,24)11-8-10-15(20(4)5)16(22)14(12-21)17(19)23/h6-7,9,12,15,21,24H,1-2,8,10-11H2,3-5H3,(H2,19,23)/b9-7-,14-12?/t15-,18-/m0/s1. The lowest BCUT2D eigenvalue weighted by Crippen LogP contribution is -2.40. The first-order valence-corrected chi connectivity index (χ1v) is 7.64. The van der Waals surface area contributed by atoms with Crippen LogP contribution in [0.25, 0.3) is 0 Å². The van der Waals surface area contributed by atoms with Crippen LogP contribution in [0.2, 0.25) is 0 Å². The molecule has 6 nitrogen and oxygen atoms in total. The first kappa shape index (κ1) is 21.8. The van der Waals surface area contributed by atoms with Gasteiger partial charge in [0.05, 0.1) is 17.9 Å². The van der Waals surface area contributed by atoms with Crippen molar-refractivity contribution in [3.63, 3.8) is 0 Å². The zero-order chi connectivity index (χ0) is 18.9. The number of nitrogens with two attached hydrogens (primary N) is 1. The van der Waals surface area contributed by atoms with Crippen LogP contribution in [0, 0.1) is 0 Å². The SMILES string of the molecule is C=C/C=C\C(=C)[C@@](C)(O)CCC[C@@H](C(=O)C(=CO)C(N)=O)N(C)C. The molecule has 2 atom stereocenters. The van der Waals surface area contributed by atoms with Crippen molar-refractivity contribution in [3.8, 4) is 0 Å². The Hall–Kier alpha value is -2.18. The average molecular weight is 336 g/mol. The second kappa shape index (κ2) is 9.85. The molecule has 0 heterocycles. The molecule has 0 spiro atoms. The fourth-order valence-electron chi connectivity index (χ4n) is 2.22. The van der Waals surface area contributed by atoms with E-state index in [1.54, 1.807) is 44.1 Å². The van der Waals surface area contributed by atoms with E-state index < -0.39 is 28.9 Å². The Morgan fingerprint density at radius 3 is 2.38 bits per heavy atom. The van der Waals surface area contributed by atoms with E-state index in [9.17, 15) is 14.7 Å². The number of carbonyl (C=O) groups excluding carboxylic acids is 2. The number of likely N-dealkylation sites (N-methyl/N-ethyl adjacent to an activating group) is 1. The van der Waals surface area contributed by atoms with Gasteiger partial charge in [0.2, 0.25) is 0 Å². The largest absolute Gasteiger partial charge is 0.515 e. The molecule has 24 heavy (non-hydrogen) atoms. The number of aliphatic hydroxyl groups is 2. The molecule has 0 radical (unpaired) electrons. The molecule has 0 fully saturated rings. The number of amides is 1. The van der Waals surface area contributed by atoms with E-state index in [2.05, 4.69) is 13.2 Å². The molecule has 0 aliphatic heterocycles. The van der Waals surface area contributed by atoms with Crippen molar-refractivity contribution in [3.05, 3.63) is 48.8 Å². The minimum absolute atomic E-state index is 0.389. The second-order valence-corrected chi connectivity index (χ2v) is 6.04. The third-order valence-electron chi connectivity index (χ3n) is 3.85. The van der Waals surface area contributed by atoms with Crippen molar-refractivity contribution in [2.75, 3.05) is 14.1 Å². The van der Waals surface area contributed by atoms with Crippen LogP contribution >= 0.6 is 0 Å². The normalized spacial score (nSPS) is 16.0. The van der Waals surface area contributed by atoms with Crippen molar-refractivity contribution in [1.82, 2.24) is 4.90 Å². The molecule has 0 saturated heterocycles. The summed E-state index contributed by atoms with van der Waals surface area (Å²) in [5.41, 5.74) is 4.10. The summed E-state index contributed by atoms with van der Waals surface area (Å²) < 4.78 is 0. The number of carbonyl (C=O) groups is 2. The van der Waals surface area contributed by atoms with Crippen LogP contribution in [0.3, 0.4) is 0 Å². The molecule has 0 bridgehead atoms. The monoisotopic (exact) mass is 336 g/mol. The number of hydrogen-bond acceptors (Lipinski definition) is 5. The van der Waals surface area contributed by atoms with Gasteiger partial charge in [-0.3, -0.25) is 14.5 Å². The maximum absolute atomic E-state index is 12.3. The van der Waals surface area contributed by atoms with E-state index in [0.29, 0.717) is 31.1 Å². The van der Waals surface area contributed by atoms with E-state index in [4.69, 9.17) is 10.8 Å². The van der Waals surface area contributed by atoms with Gasteiger partial charge in [0.1, 0.15) is 5.57 Å². The molecule has 1 amide bonds. The summed E-state index contributed by atoms with van der Waals surface area (Å²) in [6.07, 6.45) is 6.70. The summed E-state index contributed by atoms with van der Waals surface area (Å²) in [6.45, 7) is 9.04. The number of nitrogens with zero attached hydrogens (tertiary/aromatic N) is 1. The first-order valence-electron chi connectivity index (χ1n) is 7.64. The fourth-order valence-corrected chi connectivity index (χ4v) is 2.22. The molecule has 0 aliphatic rings. The Labute approximate surface area is 143 Å². The van der Waals surface area contributed by atoms with Crippen LogP contribution in [0.5, 0.6) is 0 Å². The van der Waals surface area contributed by atoms with Gasteiger partial charge in [0.15, 0.2) is 5.78 Å². The van der Waals surface area contributed by atoms with Crippen LogP contribution < -0.4 is 5.73 Å². The summed E-state index contributed by atoms with van der Waals surface area (Å²) in [6, 6.07) is -0.622. The molecule has 0 aliphatic carbocycles. The third-order valence-corrected chi connectivity index (χ3v) is 3.85. The Morgan fingerprint density at radius 2 is 1.96 bits per heavy atom. The highest BCUT2D eigenvalue weighted by atomic mass is 16.3. The highest BCUT2D eigenvalue weighted by Crippen LogP contribution is 2.24. The average Bonchev–Trinajstić information content (AvgIpc) is 2.48. The lowest BCUT2D eigenvalue weighted by atomic mass is 9.89. The summed E-state index contributed by atoms with van der Waals surface area (Å²) in [5, 5.41) is 19.5. The molecule has 0 rings (SSSR count). The Kier molecular flexibility index (Phi) is 8.95. The number of primary amides is 1. The molecule has 4 N–H and O–H groups in total. The van der Waals surface area contributed by atoms with E-state index in [1.165, 1.54) is 0 Å². The van der Waals surface area contributed by atoms with Gasteiger partial charge in [-0.25, -0.2) is 0 Å².